The zero-order valence-electron chi connectivity index (χ0n) is 16.3. The number of carbonyl (C=O) groups is 1. The largest absolute Gasteiger partial charge is 0.494 e. The number of methoxy groups -OCH3 is 1. The molecule has 1 heterocycles. The summed E-state index contributed by atoms with van der Waals surface area (Å²) < 4.78 is 19.1. The Labute approximate surface area is 188 Å². The highest BCUT2D eigenvalue weighted by Crippen LogP contribution is 2.41. The second kappa shape index (κ2) is 8.30. The first-order valence-electron chi connectivity index (χ1n) is 9.32. The molecule has 4 rings (SSSR count). The number of hydrogen-bond acceptors (Lipinski definition) is 4. The molecule has 0 spiro atoms. The van der Waals surface area contributed by atoms with Crippen molar-refractivity contribution in [2.75, 3.05) is 7.11 Å². The fourth-order valence-electron chi connectivity index (χ4n) is 3.50. The predicted octanol–water partition coefficient (Wildman–Crippen LogP) is 5.24. The third-order valence-corrected chi connectivity index (χ3v) is 5.59. The molecule has 1 amide bonds. The fraction of sp³-hybridized carbons (Fsp3) is 0.130. The number of benzene rings is 3. The number of rotatable bonds is 4. The maximum atomic E-state index is 14.2. The van der Waals surface area contributed by atoms with Gasteiger partial charge in [0.2, 0.25) is 0 Å². The first-order valence-corrected chi connectivity index (χ1v) is 10.1. The Morgan fingerprint density at radius 1 is 1.13 bits per heavy atom. The number of aliphatic hydroxyl groups is 1. The van der Waals surface area contributed by atoms with Crippen molar-refractivity contribution in [1.29, 1.82) is 0 Å². The van der Waals surface area contributed by atoms with Crippen molar-refractivity contribution in [3.05, 3.63) is 99.3 Å². The van der Waals surface area contributed by atoms with Gasteiger partial charge < -0.3 is 9.84 Å². The maximum Gasteiger partial charge on any atom is 0.277 e. The minimum absolute atomic E-state index is 0.000118. The second-order valence-corrected chi connectivity index (χ2v) is 7.84. The molecule has 0 saturated carbocycles. The van der Waals surface area contributed by atoms with Crippen LogP contribution < -0.4 is 4.74 Å². The molecule has 0 radical (unpaired) electrons. The van der Waals surface area contributed by atoms with E-state index < -0.39 is 17.4 Å². The van der Waals surface area contributed by atoms with Gasteiger partial charge in [-0.1, -0.05) is 59.6 Å². The summed E-state index contributed by atoms with van der Waals surface area (Å²) in [5.41, 5.74) is -0.408. The van der Waals surface area contributed by atoms with Gasteiger partial charge in [0.15, 0.2) is 17.3 Å². The molecule has 0 saturated heterocycles. The van der Waals surface area contributed by atoms with E-state index in [0.29, 0.717) is 10.7 Å². The van der Waals surface area contributed by atoms with Crippen LogP contribution in [-0.2, 0) is 5.72 Å². The Hall–Kier alpha value is -2.93. The first kappa shape index (κ1) is 21.3. The normalized spacial score (nSPS) is 18.1. The van der Waals surface area contributed by atoms with Gasteiger partial charge in [0.25, 0.3) is 5.91 Å². The van der Waals surface area contributed by atoms with Crippen LogP contribution in [0.5, 0.6) is 5.75 Å². The quantitative estimate of drug-likeness (QED) is 0.581. The molecular weight excluding hydrogens is 442 g/mol. The van der Waals surface area contributed by atoms with Crippen LogP contribution in [0.25, 0.3) is 0 Å². The zero-order valence-corrected chi connectivity index (χ0v) is 17.9. The molecule has 5 nitrogen and oxygen atoms in total. The van der Waals surface area contributed by atoms with Crippen molar-refractivity contribution in [3.63, 3.8) is 0 Å². The Morgan fingerprint density at radius 3 is 2.52 bits per heavy atom. The van der Waals surface area contributed by atoms with Gasteiger partial charge in [-0.15, -0.1) is 0 Å². The molecule has 1 aliphatic rings. The zero-order chi connectivity index (χ0) is 22.2. The SMILES string of the molecule is COc1ccc(C(=O)N2N=C(c3ccccc3)CC2(O)c2ccc(Cl)cc2Cl)cc1F. The molecule has 3 aromatic carbocycles. The molecule has 158 valence electrons. The minimum atomic E-state index is -1.89. The fourth-order valence-corrected chi connectivity index (χ4v) is 4.06. The van der Waals surface area contributed by atoms with E-state index in [0.717, 1.165) is 16.6 Å². The maximum absolute atomic E-state index is 14.2. The number of halogens is 3. The smallest absolute Gasteiger partial charge is 0.277 e. The van der Waals surface area contributed by atoms with Gasteiger partial charge in [-0.25, -0.2) is 4.39 Å². The van der Waals surface area contributed by atoms with Crippen molar-refractivity contribution in [1.82, 2.24) is 5.01 Å². The van der Waals surface area contributed by atoms with E-state index in [-0.39, 0.29) is 28.3 Å². The summed E-state index contributed by atoms with van der Waals surface area (Å²) >= 11 is 12.4. The van der Waals surface area contributed by atoms with Crippen LogP contribution in [0.4, 0.5) is 4.39 Å². The third kappa shape index (κ3) is 3.90. The molecule has 0 aliphatic carbocycles. The Morgan fingerprint density at radius 2 is 1.87 bits per heavy atom. The van der Waals surface area contributed by atoms with E-state index in [1.165, 1.54) is 25.3 Å². The van der Waals surface area contributed by atoms with Crippen LogP contribution in [0.15, 0.2) is 71.8 Å². The molecule has 1 unspecified atom stereocenters. The molecule has 1 aliphatic heterocycles. The van der Waals surface area contributed by atoms with E-state index >= 15 is 0 Å². The third-order valence-electron chi connectivity index (χ3n) is 5.05. The van der Waals surface area contributed by atoms with E-state index in [1.54, 1.807) is 12.1 Å². The van der Waals surface area contributed by atoms with Crippen LogP contribution in [0, 0.1) is 5.82 Å². The van der Waals surface area contributed by atoms with Crippen LogP contribution in [0.3, 0.4) is 0 Å². The number of hydrazone groups is 1. The standard InChI is InChI=1S/C23H17Cl2FN2O3/c1-31-21-10-7-15(11-19(21)26)22(29)28-23(30,17-9-8-16(24)12-18(17)25)13-20(27-28)14-5-3-2-4-6-14/h2-12,30H,13H2,1H3. The van der Waals surface area contributed by atoms with Gasteiger partial charge in [-0.2, -0.15) is 10.1 Å². The van der Waals surface area contributed by atoms with Crippen molar-refractivity contribution in [2.24, 2.45) is 5.10 Å². The van der Waals surface area contributed by atoms with Gasteiger partial charge in [0.05, 0.1) is 17.8 Å². The highest BCUT2D eigenvalue weighted by molar-refractivity contribution is 6.35. The van der Waals surface area contributed by atoms with Gasteiger partial charge >= 0.3 is 0 Å². The summed E-state index contributed by atoms with van der Waals surface area (Å²) in [7, 11) is 1.33. The van der Waals surface area contributed by atoms with Crippen molar-refractivity contribution in [2.45, 2.75) is 12.1 Å². The number of hydrogen-bond donors (Lipinski definition) is 1. The Balaban J connectivity index is 1.82. The summed E-state index contributed by atoms with van der Waals surface area (Å²) in [6.07, 6.45) is -0.0112. The summed E-state index contributed by atoms with van der Waals surface area (Å²) in [6.45, 7) is 0. The van der Waals surface area contributed by atoms with Crippen LogP contribution in [0.1, 0.15) is 27.9 Å². The average molecular weight is 459 g/mol. The summed E-state index contributed by atoms with van der Waals surface area (Å²) in [4.78, 5) is 13.3. The molecule has 3 aromatic rings. The topological polar surface area (TPSA) is 62.1 Å². The highest BCUT2D eigenvalue weighted by Gasteiger charge is 2.47. The van der Waals surface area contributed by atoms with Crippen LogP contribution >= 0.6 is 23.2 Å². The monoisotopic (exact) mass is 458 g/mol. The molecule has 0 aromatic heterocycles. The van der Waals surface area contributed by atoms with E-state index in [9.17, 15) is 14.3 Å². The van der Waals surface area contributed by atoms with Crippen molar-refractivity contribution >= 4 is 34.8 Å². The van der Waals surface area contributed by atoms with Gasteiger partial charge in [0.1, 0.15) is 0 Å². The molecule has 8 heteroatoms. The summed E-state index contributed by atoms with van der Waals surface area (Å²) in [5.74, 6) is -1.39. The molecule has 31 heavy (non-hydrogen) atoms. The number of carbonyl (C=O) groups excluding carboxylic acids is 1. The second-order valence-electron chi connectivity index (χ2n) is 7.00. The van der Waals surface area contributed by atoms with Crippen molar-refractivity contribution < 1.29 is 19.0 Å². The summed E-state index contributed by atoms with van der Waals surface area (Å²) in [5, 5.41) is 17.6. The van der Waals surface area contributed by atoms with Gasteiger partial charge in [-0.3, -0.25) is 4.79 Å². The average Bonchev–Trinajstić information content (AvgIpc) is 3.12. The van der Waals surface area contributed by atoms with E-state index in [1.807, 2.05) is 30.3 Å². The molecular formula is C23H17Cl2FN2O3. The molecule has 0 bridgehead atoms. The van der Waals surface area contributed by atoms with Crippen molar-refractivity contribution in [3.8, 4) is 5.75 Å². The van der Waals surface area contributed by atoms with E-state index in [2.05, 4.69) is 5.10 Å². The molecule has 0 fully saturated rings. The summed E-state index contributed by atoms with van der Waals surface area (Å²) in [6, 6.07) is 17.5. The number of amides is 1. The number of nitrogens with zero attached hydrogens (tertiary/aromatic N) is 2. The highest BCUT2D eigenvalue weighted by atomic mass is 35.5. The lowest BCUT2D eigenvalue weighted by Gasteiger charge is -2.32. The number of ether oxygens (including phenoxy) is 1. The minimum Gasteiger partial charge on any atom is -0.494 e. The van der Waals surface area contributed by atoms with Crippen LogP contribution in [-0.4, -0.2) is 28.8 Å². The Kier molecular flexibility index (Phi) is 5.71. The van der Waals surface area contributed by atoms with E-state index in [4.69, 9.17) is 27.9 Å². The van der Waals surface area contributed by atoms with Crippen LogP contribution in [0.2, 0.25) is 10.0 Å². The van der Waals surface area contributed by atoms with Gasteiger partial charge in [-0.05, 0) is 35.9 Å². The molecule has 1 atom stereocenters. The lowest BCUT2D eigenvalue weighted by molar-refractivity contribution is -0.0764. The lowest BCUT2D eigenvalue weighted by Crippen LogP contribution is -2.43. The Bertz CT molecular complexity index is 1190. The molecule has 1 N–H and O–H groups in total. The first-order chi connectivity index (χ1) is 14.8. The predicted molar refractivity (Wildman–Crippen MR) is 117 cm³/mol. The lowest BCUT2D eigenvalue weighted by atomic mass is 9.94. The van der Waals surface area contributed by atoms with Gasteiger partial charge in [0, 0.05) is 22.6 Å².